The summed E-state index contributed by atoms with van der Waals surface area (Å²) in [6.07, 6.45) is 0.647. The maximum Gasteiger partial charge on any atom is 0.206 e. The quantitative estimate of drug-likeness (QED) is 0.725. The predicted octanol–water partition coefficient (Wildman–Crippen LogP) is 3.00. The molecule has 0 aliphatic carbocycles. The fraction of sp³-hybridized carbons (Fsp3) is 0.500. The van der Waals surface area contributed by atoms with E-state index < -0.39 is 21.7 Å². The highest BCUT2D eigenvalue weighted by atomic mass is 79.9. The topological polar surface area (TPSA) is 52.6 Å². The van der Waals surface area contributed by atoms with Crippen LogP contribution in [0.2, 0.25) is 10.0 Å². The molecule has 112 valence electrons. The molecule has 4 nitrogen and oxygen atoms in total. The highest BCUT2D eigenvalue weighted by Crippen LogP contribution is 2.40. The molecule has 0 N–H and O–H groups in total. The van der Waals surface area contributed by atoms with E-state index in [2.05, 4.69) is 15.9 Å². The average Bonchev–Trinajstić information content (AvgIpc) is 2.71. The molecule has 0 aromatic heterocycles. The molecule has 2 rings (SSSR count). The zero-order chi connectivity index (χ0) is 15.0. The predicted molar refractivity (Wildman–Crippen MR) is 82.5 cm³/mol. The summed E-state index contributed by atoms with van der Waals surface area (Å²) in [5.74, 6) is -1.18. The zero-order valence-electron chi connectivity index (χ0n) is 10.6. The molecule has 1 aliphatic heterocycles. The van der Waals surface area contributed by atoms with Crippen LogP contribution < -0.4 is 0 Å². The molecule has 1 saturated heterocycles. The molecule has 2 unspecified atom stereocenters. The Morgan fingerprint density at radius 1 is 1.45 bits per heavy atom. The molecule has 1 aliphatic rings. The van der Waals surface area contributed by atoms with Crippen LogP contribution in [-0.2, 0) is 25.1 Å². The van der Waals surface area contributed by atoms with Gasteiger partial charge in [-0.05, 0) is 12.1 Å². The van der Waals surface area contributed by atoms with Crippen LogP contribution in [0.25, 0.3) is 0 Å². The van der Waals surface area contributed by atoms with Crippen LogP contribution in [0.4, 0.5) is 0 Å². The summed E-state index contributed by atoms with van der Waals surface area (Å²) in [4.78, 5) is 0. The number of halogens is 3. The van der Waals surface area contributed by atoms with E-state index >= 15 is 0 Å². The van der Waals surface area contributed by atoms with Crippen molar-refractivity contribution in [2.24, 2.45) is 0 Å². The van der Waals surface area contributed by atoms with E-state index in [1.54, 1.807) is 18.2 Å². The van der Waals surface area contributed by atoms with Gasteiger partial charge in [-0.2, -0.15) is 0 Å². The molecule has 0 bridgehead atoms. The van der Waals surface area contributed by atoms with Crippen molar-refractivity contribution >= 4 is 49.0 Å². The van der Waals surface area contributed by atoms with Gasteiger partial charge >= 0.3 is 0 Å². The Morgan fingerprint density at radius 2 is 2.15 bits per heavy atom. The van der Waals surface area contributed by atoms with Gasteiger partial charge in [0, 0.05) is 16.8 Å². The molecule has 1 aromatic carbocycles. The minimum Gasteiger partial charge on any atom is -0.342 e. The molecule has 1 aromatic rings. The second kappa shape index (κ2) is 6.10. The lowest BCUT2D eigenvalue weighted by Crippen LogP contribution is -2.32. The van der Waals surface area contributed by atoms with Gasteiger partial charge in [-0.3, -0.25) is 0 Å². The van der Waals surface area contributed by atoms with Gasteiger partial charge in [-0.25, -0.2) is 8.42 Å². The molecular weight excluding hydrogens is 391 g/mol. The van der Waals surface area contributed by atoms with Crippen molar-refractivity contribution in [3.63, 3.8) is 0 Å². The van der Waals surface area contributed by atoms with Gasteiger partial charge in [0.05, 0.1) is 28.8 Å². The van der Waals surface area contributed by atoms with Crippen molar-refractivity contribution in [2.45, 2.75) is 11.9 Å². The van der Waals surface area contributed by atoms with Crippen LogP contribution in [0.1, 0.15) is 5.56 Å². The summed E-state index contributed by atoms with van der Waals surface area (Å²) >= 11 is 15.4. The Hall–Kier alpha value is 0.150. The lowest BCUT2D eigenvalue weighted by molar-refractivity contribution is -0.154. The SMILES string of the molecule is CS(=O)(=O)CC1COC(CBr)(c2ccc(Cl)cc2Cl)O1. The Bertz CT molecular complexity index is 607. The number of rotatable bonds is 4. The Balaban J connectivity index is 2.28. The van der Waals surface area contributed by atoms with Gasteiger partial charge in [0.2, 0.25) is 5.79 Å². The lowest BCUT2D eigenvalue weighted by atomic mass is 10.1. The van der Waals surface area contributed by atoms with E-state index in [9.17, 15) is 8.42 Å². The first-order valence-electron chi connectivity index (χ1n) is 5.77. The fourth-order valence-electron chi connectivity index (χ4n) is 2.07. The number of ether oxygens (including phenoxy) is 2. The average molecular weight is 404 g/mol. The van der Waals surface area contributed by atoms with Gasteiger partial charge in [-0.15, -0.1) is 0 Å². The maximum atomic E-state index is 11.3. The van der Waals surface area contributed by atoms with Gasteiger partial charge in [0.25, 0.3) is 0 Å². The molecule has 1 heterocycles. The summed E-state index contributed by atoms with van der Waals surface area (Å²) in [5, 5.41) is 1.26. The Kier molecular flexibility index (Phi) is 5.04. The monoisotopic (exact) mass is 402 g/mol. The first-order chi connectivity index (χ1) is 9.26. The van der Waals surface area contributed by atoms with Crippen LogP contribution in [-0.4, -0.2) is 38.5 Å². The van der Waals surface area contributed by atoms with Crippen LogP contribution in [0.5, 0.6) is 0 Å². The highest BCUT2D eigenvalue weighted by Gasteiger charge is 2.44. The second-order valence-electron chi connectivity index (χ2n) is 4.65. The molecule has 1 fully saturated rings. The van der Waals surface area contributed by atoms with Crippen molar-refractivity contribution in [3.8, 4) is 0 Å². The smallest absolute Gasteiger partial charge is 0.206 e. The van der Waals surface area contributed by atoms with Crippen molar-refractivity contribution in [3.05, 3.63) is 33.8 Å². The van der Waals surface area contributed by atoms with Crippen molar-refractivity contribution in [1.82, 2.24) is 0 Å². The molecule has 8 heteroatoms. The molecule has 20 heavy (non-hydrogen) atoms. The normalized spacial score (nSPS) is 26.9. The molecule has 0 spiro atoms. The van der Waals surface area contributed by atoms with E-state index in [-0.39, 0.29) is 12.4 Å². The number of sulfone groups is 1. The summed E-state index contributed by atoms with van der Waals surface area (Å²) in [6, 6.07) is 5.00. The van der Waals surface area contributed by atoms with Gasteiger partial charge in [0.1, 0.15) is 9.84 Å². The molecule has 0 radical (unpaired) electrons. The fourth-order valence-corrected chi connectivity index (χ4v) is 4.05. The van der Waals surface area contributed by atoms with E-state index in [4.69, 9.17) is 32.7 Å². The van der Waals surface area contributed by atoms with Crippen LogP contribution in [0, 0.1) is 0 Å². The first kappa shape index (κ1) is 16.5. The largest absolute Gasteiger partial charge is 0.342 e. The third kappa shape index (κ3) is 3.67. The number of hydrogen-bond acceptors (Lipinski definition) is 4. The molecular formula is C12H13BrCl2O4S. The third-order valence-electron chi connectivity index (χ3n) is 2.87. The third-order valence-corrected chi connectivity index (χ3v) is 5.13. The summed E-state index contributed by atoms with van der Waals surface area (Å²) in [6.45, 7) is 0.192. The van der Waals surface area contributed by atoms with E-state index in [0.717, 1.165) is 0 Å². The van der Waals surface area contributed by atoms with E-state index in [1.165, 1.54) is 6.26 Å². The van der Waals surface area contributed by atoms with E-state index in [0.29, 0.717) is 20.9 Å². The lowest BCUT2D eigenvalue weighted by Gasteiger charge is -2.27. The second-order valence-corrected chi connectivity index (χ2v) is 8.24. The Labute approximate surface area is 136 Å². The number of hydrogen-bond donors (Lipinski definition) is 0. The van der Waals surface area contributed by atoms with Crippen molar-refractivity contribution in [2.75, 3.05) is 23.9 Å². The van der Waals surface area contributed by atoms with Gasteiger partial charge < -0.3 is 9.47 Å². The van der Waals surface area contributed by atoms with Crippen LogP contribution in [0.15, 0.2) is 18.2 Å². The zero-order valence-corrected chi connectivity index (χ0v) is 14.5. The minimum atomic E-state index is -3.14. The van der Waals surface area contributed by atoms with Crippen molar-refractivity contribution in [1.29, 1.82) is 0 Å². The minimum absolute atomic E-state index is 0.0903. The van der Waals surface area contributed by atoms with E-state index in [1.807, 2.05) is 0 Å². The first-order valence-corrected chi connectivity index (χ1v) is 9.70. The van der Waals surface area contributed by atoms with Crippen LogP contribution in [0.3, 0.4) is 0 Å². The highest BCUT2D eigenvalue weighted by molar-refractivity contribution is 9.09. The molecule has 0 saturated carbocycles. The maximum absolute atomic E-state index is 11.3. The Morgan fingerprint density at radius 3 is 2.70 bits per heavy atom. The van der Waals surface area contributed by atoms with Gasteiger partial charge in [0.15, 0.2) is 0 Å². The summed E-state index contributed by atoms with van der Waals surface area (Å²) < 4.78 is 34.2. The summed E-state index contributed by atoms with van der Waals surface area (Å²) in [5.41, 5.74) is 0.622. The number of alkyl halides is 1. The number of benzene rings is 1. The standard InChI is InChI=1S/C12H13BrCl2O4S/c1-20(16,17)6-9-5-18-12(7-13,19-9)10-3-2-8(14)4-11(10)15/h2-4,9H,5-7H2,1H3. The summed E-state index contributed by atoms with van der Waals surface area (Å²) in [7, 11) is -3.14. The van der Waals surface area contributed by atoms with Crippen LogP contribution >= 0.6 is 39.1 Å². The molecule has 0 amide bonds. The van der Waals surface area contributed by atoms with Gasteiger partial charge in [-0.1, -0.05) is 45.2 Å². The van der Waals surface area contributed by atoms with Crippen molar-refractivity contribution < 1.29 is 17.9 Å². The molecule has 2 atom stereocenters.